The predicted octanol–water partition coefficient (Wildman–Crippen LogP) is 6.00. The van der Waals surface area contributed by atoms with E-state index in [2.05, 4.69) is 5.32 Å². The fraction of sp³-hybridized carbons (Fsp3) is 0.457. The molecule has 2 atom stereocenters. The molecule has 1 saturated heterocycles. The zero-order chi connectivity index (χ0) is 32.3. The third kappa shape index (κ3) is 7.80. The molecule has 0 saturated carbocycles. The van der Waals surface area contributed by atoms with Crippen LogP contribution in [0.5, 0.6) is 0 Å². The van der Waals surface area contributed by atoms with Gasteiger partial charge in [-0.15, -0.1) is 0 Å². The number of likely N-dealkylation sites (tertiary alicyclic amines) is 1. The summed E-state index contributed by atoms with van der Waals surface area (Å²) in [5, 5.41) is 12.6. The second-order valence-electron chi connectivity index (χ2n) is 12.7. The zero-order valence-electron chi connectivity index (χ0n) is 26.4. The average molecular weight is 608 g/mol. The molecule has 2 aromatic carbocycles. The Hall–Kier alpha value is -3.85. The Balaban J connectivity index is 1.69. The number of rotatable bonds is 12. The van der Waals surface area contributed by atoms with Gasteiger partial charge in [0.15, 0.2) is 0 Å². The Morgan fingerprint density at radius 2 is 1.68 bits per heavy atom. The van der Waals surface area contributed by atoms with Crippen molar-refractivity contribution >= 4 is 11.9 Å². The summed E-state index contributed by atoms with van der Waals surface area (Å²) in [5.41, 5.74) is 5.67. The van der Waals surface area contributed by atoms with Gasteiger partial charge in [0.2, 0.25) is 5.91 Å². The fourth-order valence-electron chi connectivity index (χ4n) is 6.22. The van der Waals surface area contributed by atoms with Crippen LogP contribution < -0.4 is 10.9 Å². The summed E-state index contributed by atoms with van der Waals surface area (Å²) in [6, 6.07) is 8.47. The number of carboxylic acid groups (broad SMARTS) is 1. The number of alkyl halides is 1. The first-order valence-corrected chi connectivity index (χ1v) is 15.2. The van der Waals surface area contributed by atoms with E-state index in [0.717, 1.165) is 33.4 Å². The number of benzene rings is 2. The summed E-state index contributed by atoms with van der Waals surface area (Å²) >= 11 is 0. The van der Waals surface area contributed by atoms with Crippen LogP contribution in [-0.4, -0.2) is 52.3 Å². The number of carbonyl (C=O) groups is 2. The average Bonchev–Trinajstić information content (AvgIpc) is 2.90. The largest absolute Gasteiger partial charge is 0.481 e. The van der Waals surface area contributed by atoms with Crippen molar-refractivity contribution in [1.29, 1.82) is 0 Å². The highest BCUT2D eigenvalue weighted by molar-refractivity contribution is 5.82. The molecule has 2 heterocycles. The van der Waals surface area contributed by atoms with Gasteiger partial charge in [0.1, 0.15) is 18.0 Å². The number of carboxylic acids is 1. The Bertz CT molecular complexity index is 1570. The Morgan fingerprint density at radius 1 is 1.02 bits per heavy atom. The van der Waals surface area contributed by atoms with E-state index in [9.17, 15) is 23.9 Å². The van der Waals surface area contributed by atoms with Crippen molar-refractivity contribution in [3.05, 3.63) is 92.1 Å². The van der Waals surface area contributed by atoms with Crippen LogP contribution in [0, 0.1) is 39.4 Å². The number of amides is 1. The van der Waals surface area contributed by atoms with E-state index in [4.69, 9.17) is 0 Å². The van der Waals surface area contributed by atoms with E-state index in [1.807, 2.05) is 51.7 Å². The summed E-state index contributed by atoms with van der Waals surface area (Å²) in [6.07, 6.45) is 1.21. The number of aromatic nitrogens is 1. The van der Waals surface area contributed by atoms with Gasteiger partial charge in [0, 0.05) is 37.5 Å². The molecule has 0 bridgehead atoms. The van der Waals surface area contributed by atoms with Gasteiger partial charge in [0.25, 0.3) is 5.56 Å². The van der Waals surface area contributed by atoms with Crippen LogP contribution in [0.1, 0.15) is 72.2 Å². The van der Waals surface area contributed by atoms with E-state index in [1.165, 1.54) is 10.6 Å². The first kappa shape index (κ1) is 33.1. The van der Waals surface area contributed by atoms with Crippen LogP contribution in [0.15, 0.2) is 47.4 Å². The number of pyridine rings is 1. The number of hydrogen-bond donors (Lipinski definition) is 2. The van der Waals surface area contributed by atoms with E-state index in [0.29, 0.717) is 38.0 Å². The molecule has 44 heavy (non-hydrogen) atoms. The smallest absolute Gasteiger partial charge is 0.305 e. The standard InChI is InChI=1S/C35H43F2N3O4/c1-20(2)11-30(40-17-25(7-8-31(40)41)9-10-39-18-27(36)19-39)35(44)38-29(16-32(42)43)28-15-26(14-24(6)34(28)37)33-22(4)12-21(3)13-23(33)5/h7-8,12-15,17,20,27,29-30H,9-11,16,18-19H2,1-6H3,(H,38,44)(H,42,43)/t29-,30?/m0/s1. The number of carbonyl (C=O) groups excluding carboxylic acids is 1. The minimum Gasteiger partial charge on any atom is -0.481 e. The highest BCUT2D eigenvalue weighted by Gasteiger charge is 2.30. The van der Waals surface area contributed by atoms with Crippen molar-refractivity contribution < 1.29 is 23.5 Å². The molecular weight excluding hydrogens is 564 g/mol. The van der Waals surface area contributed by atoms with Crippen molar-refractivity contribution in [2.45, 2.75) is 79.1 Å². The highest BCUT2D eigenvalue weighted by Crippen LogP contribution is 2.34. The van der Waals surface area contributed by atoms with Crippen molar-refractivity contribution in [2.75, 3.05) is 19.6 Å². The van der Waals surface area contributed by atoms with Crippen molar-refractivity contribution in [2.24, 2.45) is 5.92 Å². The number of aryl methyl sites for hydroxylation is 4. The topological polar surface area (TPSA) is 91.6 Å². The summed E-state index contributed by atoms with van der Waals surface area (Å²) < 4.78 is 30.4. The molecule has 236 valence electrons. The molecule has 0 aliphatic carbocycles. The molecule has 2 N–H and O–H groups in total. The van der Waals surface area contributed by atoms with Gasteiger partial charge in [-0.05, 0) is 92.0 Å². The molecule has 1 fully saturated rings. The number of hydrogen-bond acceptors (Lipinski definition) is 4. The Morgan fingerprint density at radius 3 is 2.27 bits per heavy atom. The van der Waals surface area contributed by atoms with Crippen LogP contribution in [0.4, 0.5) is 8.78 Å². The van der Waals surface area contributed by atoms with Gasteiger partial charge < -0.3 is 15.0 Å². The van der Waals surface area contributed by atoms with Crippen molar-refractivity contribution in [1.82, 2.24) is 14.8 Å². The summed E-state index contributed by atoms with van der Waals surface area (Å²) in [4.78, 5) is 40.9. The van der Waals surface area contributed by atoms with Crippen LogP contribution >= 0.6 is 0 Å². The van der Waals surface area contributed by atoms with E-state index < -0.39 is 42.4 Å². The predicted molar refractivity (Wildman–Crippen MR) is 168 cm³/mol. The first-order chi connectivity index (χ1) is 20.7. The van der Waals surface area contributed by atoms with Gasteiger partial charge in [-0.2, -0.15) is 0 Å². The van der Waals surface area contributed by atoms with Crippen LogP contribution in [-0.2, 0) is 16.0 Å². The molecule has 9 heteroatoms. The molecule has 1 aliphatic rings. The monoisotopic (exact) mass is 607 g/mol. The molecule has 1 unspecified atom stereocenters. The minimum atomic E-state index is -1.19. The lowest BCUT2D eigenvalue weighted by Crippen LogP contribution is -2.49. The summed E-state index contributed by atoms with van der Waals surface area (Å²) in [7, 11) is 0. The SMILES string of the molecule is Cc1cc(C)c(-c2cc(C)c(F)c([C@H](CC(=O)O)NC(=O)C(CC(C)C)n3cc(CCN4CC(F)C4)ccc3=O)c2)c(C)c1. The van der Waals surface area contributed by atoms with E-state index in [1.54, 1.807) is 31.3 Å². The zero-order valence-corrected chi connectivity index (χ0v) is 26.4. The maximum Gasteiger partial charge on any atom is 0.305 e. The molecule has 3 aromatic rings. The summed E-state index contributed by atoms with van der Waals surface area (Å²) in [6.45, 7) is 12.9. The number of aliphatic carboxylic acids is 1. The van der Waals surface area contributed by atoms with Crippen LogP contribution in [0.3, 0.4) is 0 Å². The molecular formula is C35H43F2N3O4. The molecule has 0 spiro atoms. The number of nitrogens with one attached hydrogen (secondary N) is 1. The molecule has 4 rings (SSSR count). The van der Waals surface area contributed by atoms with Crippen molar-refractivity contribution in [3.8, 4) is 11.1 Å². The third-order valence-electron chi connectivity index (χ3n) is 8.28. The Kier molecular flexibility index (Phi) is 10.4. The van der Waals surface area contributed by atoms with Gasteiger partial charge in [0.05, 0.1) is 12.5 Å². The normalized spacial score (nSPS) is 15.2. The summed E-state index contributed by atoms with van der Waals surface area (Å²) in [5.74, 6) is -2.31. The molecule has 1 aromatic heterocycles. The lowest BCUT2D eigenvalue weighted by molar-refractivity contribution is -0.138. The van der Waals surface area contributed by atoms with E-state index >= 15 is 4.39 Å². The first-order valence-electron chi connectivity index (χ1n) is 15.2. The number of halogens is 2. The highest BCUT2D eigenvalue weighted by atomic mass is 19.1. The Labute approximate surface area is 257 Å². The second-order valence-corrected chi connectivity index (χ2v) is 12.7. The van der Waals surface area contributed by atoms with E-state index in [-0.39, 0.29) is 17.0 Å². The van der Waals surface area contributed by atoms with Gasteiger partial charge in [-0.25, -0.2) is 8.78 Å². The van der Waals surface area contributed by atoms with Crippen molar-refractivity contribution in [3.63, 3.8) is 0 Å². The molecule has 1 aliphatic heterocycles. The molecule has 7 nitrogen and oxygen atoms in total. The number of nitrogens with zero attached hydrogens (tertiary/aromatic N) is 2. The lowest BCUT2D eigenvalue weighted by Gasteiger charge is -2.34. The minimum absolute atomic E-state index is 0.0246. The van der Waals surface area contributed by atoms with Crippen LogP contribution in [0.25, 0.3) is 11.1 Å². The van der Waals surface area contributed by atoms with Gasteiger partial charge in [-0.3, -0.25) is 19.3 Å². The fourth-order valence-corrected chi connectivity index (χ4v) is 6.22. The van der Waals surface area contributed by atoms with Crippen LogP contribution in [0.2, 0.25) is 0 Å². The maximum absolute atomic E-state index is 15.7. The second kappa shape index (κ2) is 13.8. The van der Waals surface area contributed by atoms with Gasteiger partial charge >= 0.3 is 5.97 Å². The molecule has 0 radical (unpaired) electrons. The van der Waals surface area contributed by atoms with Gasteiger partial charge in [-0.1, -0.05) is 37.6 Å². The third-order valence-corrected chi connectivity index (χ3v) is 8.28. The molecule has 1 amide bonds. The lowest BCUT2D eigenvalue weighted by atomic mass is 9.89. The quantitative estimate of drug-likeness (QED) is 0.264. The maximum atomic E-state index is 15.7.